The maximum absolute atomic E-state index is 12.2. The number of esters is 2. The summed E-state index contributed by atoms with van der Waals surface area (Å²) in [6, 6.07) is 17.4. The number of hydrogen-bond acceptors (Lipinski definition) is 5. The van der Waals surface area contributed by atoms with Crippen molar-refractivity contribution in [2.45, 2.75) is 40.3 Å². The average Bonchev–Trinajstić information content (AvgIpc) is 3.23. The quantitative estimate of drug-likeness (QED) is 0.383. The monoisotopic (exact) mass is 481 g/mol. The molecule has 6 nitrogen and oxygen atoms in total. The molecule has 1 aromatic heterocycles. The van der Waals surface area contributed by atoms with E-state index in [9.17, 15) is 9.59 Å². The minimum absolute atomic E-state index is 0.231. The zero-order valence-corrected chi connectivity index (χ0v) is 20.5. The third-order valence-electron chi connectivity index (χ3n) is 5.89. The summed E-state index contributed by atoms with van der Waals surface area (Å²) in [4.78, 5) is 24.3. The van der Waals surface area contributed by atoms with Gasteiger partial charge in [-0.05, 0) is 30.2 Å². The van der Waals surface area contributed by atoms with Crippen molar-refractivity contribution in [2.24, 2.45) is 5.41 Å². The Morgan fingerprint density at radius 1 is 1.03 bits per heavy atom. The van der Waals surface area contributed by atoms with Crippen molar-refractivity contribution in [3.05, 3.63) is 65.3 Å². The molecular formula is C27H28ClNO5. The van der Waals surface area contributed by atoms with E-state index < -0.39 is 12.1 Å². The molecule has 0 saturated carbocycles. The summed E-state index contributed by atoms with van der Waals surface area (Å²) in [6.45, 7) is 7.87. The molecule has 0 bridgehead atoms. The lowest BCUT2D eigenvalue weighted by Crippen LogP contribution is -2.23. The van der Waals surface area contributed by atoms with Gasteiger partial charge in [0.15, 0.2) is 6.61 Å². The predicted octanol–water partition coefficient (Wildman–Crippen LogP) is 6.06. The minimum atomic E-state index is -0.494. The fourth-order valence-corrected chi connectivity index (χ4v) is 4.67. The molecule has 2 aromatic carbocycles. The zero-order valence-electron chi connectivity index (χ0n) is 19.8. The predicted molar refractivity (Wildman–Crippen MR) is 131 cm³/mol. The molecule has 1 atom stereocenters. The van der Waals surface area contributed by atoms with Crippen molar-refractivity contribution in [3.8, 4) is 28.1 Å². The number of carbonyl (C=O) groups excluding carboxylic acids is 2. The molecule has 2 heterocycles. The molecule has 3 aromatic rings. The molecule has 0 amide bonds. The van der Waals surface area contributed by atoms with Gasteiger partial charge in [0.2, 0.25) is 5.88 Å². The van der Waals surface area contributed by atoms with Gasteiger partial charge in [-0.25, -0.2) is 4.79 Å². The highest BCUT2D eigenvalue weighted by molar-refractivity contribution is 6.30. The largest absolute Gasteiger partial charge is 0.466 e. The van der Waals surface area contributed by atoms with E-state index in [4.69, 9.17) is 25.8 Å². The summed E-state index contributed by atoms with van der Waals surface area (Å²) in [5.41, 5.74) is 4.01. The van der Waals surface area contributed by atoms with Crippen LogP contribution >= 0.6 is 11.6 Å². The van der Waals surface area contributed by atoms with Gasteiger partial charge >= 0.3 is 11.9 Å². The molecule has 4 rings (SSSR count). The van der Waals surface area contributed by atoms with Crippen LogP contribution in [0.2, 0.25) is 5.02 Å². The van der Waals surface area contributed by atoms with Crippen molar-refractivity contribution in [1.29, 1.82) is 0 Å². The van der Waals surface area contributed by atoms with E-state index in [1.54, 1.807) is 6.92 Å². The van der Waals surface area contributed by atoms with Gasteiger partial charge in [0.25, 0.3) is 0 Å². The third-order valence-corrected chi connectivity index (χ3v) is 6.14. The summed E-state index contributed by atoms with van der Waals surface area (Å²) in [5, 5.41) is 0.615. The number of benzene rings is 2. The Kier molecular flexibility index (Phi) is 6.71. The van der Waals surface area contributed by atoms with E-state index in [1.807, 2.05) is 59.2 Å². The summed E-state index contributed by atoms with van der Waals surface area (Å²) in [6.07, 6.45) is -0.494. The number of aromatic nitrogens is 1. The normalized spacial score (nSPS) is 16.1. The summed E-state index contributed by atoms with van der Waals surface area (Å²) >= 11 is 6.17. The van der Waals surface area contributed by atoms with E-state index in [1.165, 1.54) is 6.92 Å². The van der Waals surface area contributed by atoms with Crippen LogP contribution in [0, 0.1) is 5.41 Å². The lowest BCUT2D eigenvalue weighted by Gasteiger charge is -2.27. The number of ether oxygens (including phenoxy) is 3. The first-order chi connectivity index (χ1) is 16.2. The van der Waals surface area contributed by atoms with Crippen molar-refractivity contribution >= 4 is 23.5 Å². The Hall–Kier alpha value is -3.25. The molecule has 0 saturated heterocycles. The van der Waals surface area contributed by atoms with Gasteiger partial charge in [-0.2, -0.15) is 0 Å². The minimum Gasteiger partial charge on any atom is -0.466 e. The van der Waals surface area contributed by atoms with Crippen molar-refractivity contribution in [2.75, 3.05) is 13.2 Å². The standard InChI is InChI=1S/C27H28ClNO5/c1-5-32-21(31)15-33-26-23(19-11-13-20(28)14-12-19)22(18-9-7-6-8-10-18)24-25(34-17(2)30)27(3,4)16-29(24)26/h6-14,25H,5,15-16H2,1-4H3. The second kappa shape index (κ2) is 9.55. The Labute approximate surface area is 204 Å². The molecule has 34 heavy (non-hydrogen) atoms. The molecule has 1 aliphatic heterocycles. The second-order valence-electron chi connectivity index (χ2n) is 8.97. The van der Waals surface area contributed by atoms with E-state index in [-0.39, 0.29) is 24.6 Å². The second-order valence-corrected chi connectivity index (χ2v) is 9.41. The van der Waals surface area contributed by atoms with Crippen molar-refractivity contribution in [1.82, 2.24) is 4.57 Å². The van der Waals surface area contributed by atoms with Gasteiger partial charge in [-0.15, -0.1) is 0 Å². The Morgan fingerprint density at radius 3 is 2.29 bits per heavy atom. The first kappa shape index (κ1) is 23.9. The Morgan fingerprint density at radius 2 is 1.68 bits per heavy atom. The van der Waals surface area contributed by atoms with Crippen molar-refractivity contribution in [3.63, 3.8) is 0 Å². The smallest absolute Gasteiger partial charge is 0.344 e. The lowest BCUT2D eigenvalue weighted by molar-refractivity contribution is -0.152. The highest BCUT2D eigenvalue weighted by Gasteiger charge is 2.47. The van der Waals surface area contributed by atoms with E-state index >= 15 is 0 Å². The van der Waals surface area contributed by atoms with Crippen LogP contribution in [0.3, 0.4) is 0 Å². The average molecular weight is 482 g/mol. The molecule has 0 aliphatic carbocycles. The zero-order chi connectivity index (χ0) is 24.5. The van der Waals surface area contributed by atoms with E-state index in [0.717, 1.165) is 27.9 Å². The van der Waals surface area contributed by atoms with Gasteiger partial charge in [0, 0.05) is 29.5 Å². The van der Waals surface area contributed by atoms with Gasteiger partial charge in [-0.3, -0.25) is 4.79 Å². The topological polar surface area (TPSA) is 66.8 Å². The molecule has 1 aliphatic rings. The fraction of sp³-hybridized carbons (Fsp3) is 0.333. The number of rotatable bonds is 7. The Balaban J connectivity index is 1.99. The number of fused-ring (bicyclic) bond motifs is 1. The van der Waals surface area contributed by atoms with E-state index in [2.05, 4.69) is 13.8 Å². The molecule has 0 N–H and O–H groups in total. The molecule has 178 valence electrons. The van der Waals surface area contributed by atoms with E-state index in [0.29, 0.717) is 17.4 Å². The van der Waals surface area contributed by atoms with Crippen LogP contribution in [0.15, 0.2) is 54.6 Å². The molecule has 0 radical (unpaired) electrons. The van der Waals surface area contributed by atoms with Crippen LogP contribution in [0.5, 0.6) is 5.88 Å². The SMILES string of the molecule is CCOC(=O)COc1c(-c2ccc(Cl)cc2)c(-c2ccccc2)c2n1CC(C)(C)C2OC(C)=O. The summed E-state index contributed by atoms with van der Waals surface area (Å²) < 4.78 is 19.1. The number of hydrogen-bond donors (Lipinski definition) is 0. The van der Waals surface area contributed by atoms with Gasteiger partial charge in [-0.1, -0.05) is 67.9 Å². The van der Waals surface area contributed by atoms with Crippen LogP contribution in [0.4, 0.5) is 0 Å². The number of carbonyl (C=O) groups is 2. The molecule has 0 fully saturated rings. The van der Waals surface area contributed by atoms with Crippen LogP contribution in [-0.4, -0.2) is 29.7 Å². The summed E-state index contributed by atoms with van der Waals surface area (Å²) in [5.74, 6) is -0.268. The highest BCUT2D eigenvalue weighted by atomic mass is 35.5. The first-order valence-corrected chi connectivity index (χ1v) is 11.6. The van der Waals surface area contributed by atoms with Crippen LogP contribution in [0.1, 0.15) is 39.5 Å². The summed E-state index contributed by atoms with van der Waals surface area (Å²) in [7, 11) is 0. The van der Waals surface area contributed by atoms with Crippen LogP contribution in [0.25, 0.3) is 22.3 Å². The van der Waals surface area contributed by atoms with Crippen LogP contribution in [-0.2, 0) is 25.6 Å². The fourth-order valence-electron chi connectivity index (χ4n) is 4.55. The van der Waals surface area contributed by atoms with Crippen molar-refractivity contribution < 1.29 is 23.8 Å². The molecule has 1 unspecified atom stereocenters. The van der Waals surface area contributed by atoms with Gasteiger partial charge in [0.1, 0.15) is 6.10 Å². The first-order valence-electron chi connectivity index (χ1n) is 11.3. The molecule has 7 heteroatoms. The van der Waals surface area contributed by atoms with Crippen LogP contribution < -0.4 is 4.74 Å². The maximum Gasteiger partial charge on any atom is 0.344 e. The number of nitrogens with zero attached hydrogens (tertiary/aromatic N) is 1. The Bertz CT molecular complexity index is 1200. The maximum atomic E-state index is 12.2. The number of halogens is 1. The molecule has 0 spiro atoms. The van der Waals surface area contributed by atoms with Gasteiger partial charge in [0.05, 0.1) is 17.9 Å². The third kappa shape index (κ3) is 4.55. The van der Waals surface area contributed by atoms with Gasteiger partial charge < -0.3 is 18.8 Å². The lowest BCUT2D eigenvalue weighted by atomic mass is 9.84. The molecular weight excluding hydrogens is 454 g/mol. The highest BCUT2D eigenvalue weighted by Crippen LogP contribution is 2.55.